The molecule has 1 N–H and O–H groups in total. The van der Waals surface area contributed by atoms with Gasteiger partial charge in [0.2, 0.25) is 0 Å². The highest BCUT2D eigenvalue weighted by Crippen LogP contribution is 2.24. The van der Waals surface area contributed by atoms with Crippen molar-refractivity contribution in [1.82, 2.24) is 4.57 Å². The standard InChI is InChI=1S/C14H14FNO3/c1-14(2,13(18)19)10-6-8-4-5-9(15)7-11(8)16(3)12(10)17/h4-7H,1-3H3,(H,18,19). The van der Waals surface area contributed by atoms with Crippen molar-refractivity contribution in [2.75, 3.05) is 0 Å². The number of hydrogen-bond acceptors (Lipinski definition) is 2. The molecule has 100 valence electrons. The molecule has 0 aliphatic rings. The maximum atomic E-state index is 13.2. The van der Waals surface area contributed by atoms with E-state index in [1.54, 1.807) is 0 Å². The number of benzene rings is 1. The Balaban J connectivity index is 2.87. The Morgan fingerprint density at radius 2 is 1.95 bits per heavy atom. The number of hydrogen-bond donors (Lipinski definition) is 1. The minimum absolute atomic E-state index is 0.182. The fourth-order valence-corrected chi connectivity index (χ4v) is 2.00. The second-order valence-corrected chi connectivity index (χ2v) is 5.06. The third-order valence-electron chi connectivity index (χ3n) is 3.40. The van der Waals surface area contributed by atoms with Gasteiger partial charge in [0.15, 0.2) is 0 Å². The number of aliphatic carboxylic acids is 1. The van der Waals surface area contributed by atoms with Crippen LogP contribution in [0.2, 0.25) is 0 Å². The van der Waals surface area contributed by atoms with Gasteiger partial charge in [0.1, 0.15) is 5.82 Å². The van der Waals surface area contributed by atoms with Gasteiger partial charge in [-0.05, 0) is 43.5 Å². The minimum atomic E-state index is -1.29. The van der Waals surface area contributed by atoms with Crippen LogP contribution in [0, 0.1) is 5.82 Å². The number of aromatic nitrogens is 1. The number of fused-ring (bicyclic) bond motifs is 1. The van der Waals surface area contributed by atoms with E-state index in [4.69, 9.17) is 0 Å². The fourth-order valence-electron chi connectivity index (χ4n) is 2.00. The molecule has 19 heavy (non-hydrogen) atoms. The molecule has 5 heteroatoms. The molecule has 0 spiro atoms. The van der Waals surface area contributed by atoms with Crippen LogP contribution in [0.1, 0.15) is 19.4 Å². The molecule has 0 amide bonds. The third kappa shape index (κ3) is 2.01. The highest BCUT2D eigenvalue weighted by molar-refractivity contribution is 5.84. The van der Waals surface area contributed by atoms with E-state index in [-0.39, 0.29) is 5.56 Å². The summed E-state index contributed by atoms with van der Waals surface area (Å²) >= 11 is 0. The first-order valence-corrected chi connectivity index (χ1v) is 5.78. The summed E-state index contributed by atoms with van der Waals surface area (Å²) in [4.78, 5) is 23.5. The number of pyridine rings is 1. The van der Waals surface area contributed by atoms with Crippen molar-refractivity contribution >= 4 is 16.9 Å². The molecule has 0 atom stereocenters. The Labute approximate surface area is 109 Å². The Bertz CT molecular complexity index is 731. The average molecular weight is 263 g/mol. The van der Waals surface area contributed by atoms with E-state index in [0.29, 0.717) is 10.9 Å². The normalized spacial score (nSPS) is 11.8. The molecule has 4 nitrogen and oxygen atoms in total. The first kappa shape index (κ1) is 13.3. The molecule has 1 aromatic heterocycles. The summed E-state index contributed by atoms with van der Waals surface area (Å²) in [6, 6.07) is 5.59. The summed E-state index contributed by atoms with van der Waals surface area (Å²) in [5.41, 5.74) is -1.10. The maximum absolute atomic E-state index is 13.2. The monoisotopic (exact) mass is 263 g/mol. The lowest BCUT2D eigenvalue weighted by molar-refractivity contribution is -0.142. The van der Waals surface area contributed by atoms with E-state index >= 15 is 0 Å². The quantitative estimate of drug-likeness (QED) is 0.902. The van der Waals surface area contributed by atoms with Crippen molar-refractivity contribution in [2.24, 2.45) is 7.05 Å². The highest BCUT2D eigenvalue weighted by Gasteiger charge is 2.33. The van der Waals surface area contributed by atoms with Gasteiger partial charge in [0.25, 0.3) is 5.56 Å². The maximum Gasteiger partial charge on any atom is 0.313 e. The Kier molecular flexibility index (Phi) is 2.92. The van der Waals surface area contributed by atoms with Gasteiger partial charge < -0.3 is 9.67 Å². The molecule has 0 bridgehead atoms. The van der Waals surface area contributed by atoms with Crippen LogP contribution in [0.25, 0.3) is 10.9 Å². The number of nitrogens with zero attached hydrogens (tertiary/aromatic N) is 1. The molecular weight excluding hydrogens is 249 g/mol. The van der Waals surface area contributed by atoms with Crippen LogP contribution in [-0.2, 0) is 17.3 Å². The molecule has 0 radical (unpaired) electrons. The number of carboxylic acid groups (broad SMARTS) is 1. The van der Waals surface area contributed by atoms with Gasteiger partial charge in [-0.25, -0.2) is 4.39 Å². The molecular formula is C14H14FNO3. The molecule has 0 fully saturated rings. The number of aryl methyl sites for hydroxylation is 1. The Morgan fingerprint density at radius 1 is 1.32 bits per heavy atom. The van der Waals surface area contributed by atoms with Crippen molar-refractivity contribution in [1.29, 1.82) is 0 Å². The summed E-state index contributed by atoms with van der Waals surface area (Å²) in [5, 5.41) is 9.85. The topological polar surface area (TPSA) is 59.3 Å². The number of carboxylic acids is 1. The van der Waals surface area contributed by atoms with Gasteiger partial charge >= 0.3 is 5.97 Å². The van der Waals surface area contributed by atoms with Crippen molar-refractivity contribution < 1.29 is 14.3 Å². The zero-order valence-electron chi connectivity index (χ0n) is 10.9. The van der Waals surface area contributed by atoms with Gasteiger partial charge in [0, 0.05) is 12.6 Å². The Hall–Kier alpha value is -2.17. The lowest BCUT2D eigenvalue weighted by Crippen LogP contribution is -2.37. The van der Waals surface area contributed by atoms with Crippen molar-refractivity contribution in [2.45, 2.75) is 19.3 Å². The molecule has 0 saturated heterocycles. The molecule has 0 saturated carbocycles. The molecule has 2 rings (SSSR count). The van der Waals surface area contributed by atoms with Crippen LogP contribution in [0.4, 0.5) is 4.39 Å². The largest absolute Gasteiger partial charge is 0.481 e. The summed E-state index contributed by atoms with van der Waals surface area (Å²) in [5.74, 6) is -1.51. The smallest absolute Gasteiger partial charge is 0.313 e. The first-order valence-electron chi connectivity index (χ1n) is 5.78. The summed E-state index contributed by atoms with van der Waals surface area (Å²) in [7, 11) is 1.51. The second kappa shape index (κ2) is 4.19. The third-order valence-corrected chi connectivity index (χ3v) is 3.40. The van der Waals surface area contributed by atoms with Crippen LogP contribution in [0.15, 0.2) is 29.1 Å². The fraction of sp³-hybridized carbons (Fsp3) is 0.286. The summed E-state index contributed by atoms with van der Waals surface area (Å²) < 4.78 is 14.5. The van der Waals surface area contributed by atoms with Crippen molar-refractivity contribution in [3.63, 3.8) is 0 Å². The number of rotatable bonds is 2. The molecule has 1 aromatic carbocycles. The highest BCUT2D eigenvalue weighted by atomic mass is 19.1. The lowest BCUT2D eigenvalue weighted by atomic mass is 9.85. The minimum Gasteiger partial charge on any atom is -0.481 e. The predicted octanol–water partition coefficient (Wildman–Crippen LogP) is 2.04. The van der Waals surface area contributed by atoms with Crippen molar-refractivity contribution in [3.05, 3.63) is 46.0 Å². The molecule has 1 heterocycles. The number of carbonyl (C=O) groups is 1. The van der Waals surface area contributed by atoms with Crippen LogP contribution in [0.3, 0.4) is 0 Å². The van der Waals surface area contributed by atoms with Crippen molar-refractivity contribution in [3.8, 4) is 0 Å². The molecule has 0 unspecified atom stereocenters. The van der Waals surface area contributed by atoms with Crippen LogP contribution in [0.5, 0.6) is 0 Å². The Morgan fingerprint density at radius 3 is 2.53 bits per heavy atom. The van der Waals surface area contributed by atoms with E-state index in [0.717, 1.165) is 0 Å². The predicted molar refractivity (Wildman–Crippen MR) is 69.8 cm³/mol. The first-order chi connectivity index (χ1) is 8.75. The zero-order chi connectivity index (χ0) is 14.4. The van der Waals surface area contributed by atoms with Crippen LogP contribution < -0.4 is 5.56 Å². The summed E-state index contributed by atoms with van der Waals surface area (Å²) in [6.07, 6.45) is 0. The SMILES string of the molecule is Cn1c(=O)c(C(C)(C)C(=O)O)cc2ccc(F)cc21. The van der Waals surface area contributed by atoms with Gasteiger partial charge in [-0.1, -0.05) is 0 Å². The zero-order valence-corrected chi connectivity index (χ0v) is 10.9. The van der Waals surface area contributed by atoms with E-state index in [2.05, 4.69) is 0 Å². The van der Waals surface area contributed by atoms with E-state index in [1.807, 2.05) is 0 Å². The van der Waals surface area contributed by atoms with Gasteiger partial charge in [-0.3, -0.25) is 9.59 Å². The second-order valence-electron chi connectivity index (χ2n) is 5.06. The van der Waals surface area contributed by atoms with E-state index in [1.165, 1.54) is 49.7 Å². The molecule has 0 aliphatic heterocycles. The van der Waals surface area contributed by atoms with E-state index < -0.39 is 22.8 Å². The van der Waals surface area contributed by atoms with Crippen LogP contribution in [-0.4, -0.2) is 15.6 Å². The molecule has 0 aliphatic carbocycles. The lowest BCUT2D eigenvalue weighted by Gasteiger charge is -2.20. The van der Waals surface area contributed by atoms with Gasteiger partial charge in [-0.15, -0.1) is 0 Å². The summed E-state index contributed by atoms with van der Waals surface area (Å²) in [6.45, 7) is 2.95. The van der Waals surface area contributed by atoms with Crippen LogP contribution >= 0.6 is 0 Å². The molecule has 2 aromatic rings. The van der Waals surface area contributed by atoms with E-state index in [9.17, 15) is 19.1 Å². The average Bonchev–Trinajstić information content (AvgIpc) is 2.34. The van der Waals surface area contributed by atoms with Gasteiger partial charge in [0.05, 0.1) is 10.9 Å². The van der Waals surface area contributed by atoms with Gasteiger partial charge in [-0.2, -0.15) is 0 Å². The number of halogens is 1.